The van der Waals surface area contributed by atoms with Crippen LogP contribution in [-0.4, -0.2) is 20.9 Å². The van der Waals surface area contributed by atoms with Crippen molar-refractivity contribution >= 4 is 33.5 Å². The lowest BCUT2D eigenvalue weighted by Crippen LogP contribution is -2.14. The third-order valence-electron chi connectivity index (χ3n) is 1.67. The largest absolute Gasteiger partial charge is 0.240 e. The number of benzene rings is 1. The molecule has 0 aliphatic rings. The fraction of sp³-hybridized carbons (Fsp3) is 0.250. The monoisotopic (exact) mass is 249 g/mol. The van der Waals surface area contributed by atoms with Crippen LogP contribution in [0, 0.1) is 0 Å². The lowest BCUT2D eigenvalue weighted by atomic mass is 10.4. The van der Waals surface area contributed by atoms with Gasteiger partial charge in [0.15, 0.2) is 0 Å². The van der Waals surface area contributed by atoms with Crippen molar-refractivity contribution in [3.05, 3.63) is 18.2 Å². The van der Waals surface area contributed by atoms with Gasteiger partial charge in [-0.05, 0) is 24.6 Å². The second-order valence-electron chi connectivity index (χ2n) is 2.54. The van der Waals surface area contributed by atoms with Crippen molar-refractivity contribution in [2.24, 2.45) is 5.14 Å². The molecule has 0 amide bonds. The van der Waals surface area contributed by atoms with Gasteiger partial charge >= 0.3 is 0 Å². The van der Waals surface area contributed by atoms with Gasteiger partial charge in [0.2, 0.25) is 10.0 Å². The van der Waals surface area contributed by atoms with E-state index in [1.165, 1.54) is 23.5 Å². The Morgan fingerprint density at radius 3 is 1.86 bits per heavy atom. The summed E-state index contributed by atoms with van der Waals surface area (Å²) < 4.78 is 22.7. The van der Waals surface area contributed by atoms with Crippen LogP contribution in [0.15, 0.2) is 32.9 Å². The van der Waals surface area contributed by atoms with Crippen molar-refractivity contribution in [2.75, 3.05) is 12.5 Å². The minimum atomic E-state index is -3.63. The van der Waals surface area contributed by atoms with Crippen LogP contribution in [0.25, 0.3) is 0 Å². The Balaban J connectivity index is 3.50. The predicted octanol–water partition coefficient (Wildman–Crippen LogP) is 1.78. The maximum Gasteiger partial charge on any atom is 0.240 e. The molecule has 2 N–H and O–H groups in total. The van der Waals surface area contributed by atoms with Gasteiger partial charge in [-0.25, -0.2) is 13.6 Å². The molecule has 0 fully saturated rings. The molecule has 0 spiro atoms. The first-order valence-electron chi connectivity index (χ1n) is 3.74. The van der Waals surface area contributed by atoms with E-state index in [-0.39, 0.29) is 4.90 Å². The van der Waals surface area contributed by atoms with Crippen molar-refractivity contribution in [3.8, 4) is 0 Å². The van der Waals surface area contributed by atoms with Gasteiger partial charge in [-0.1, -0.05) is 6.07 Å². The number of hydrogen-bond donors (Lipinski definition) is 1. The molecule has 0 heterocycles. The zero-order valence-corrected chi connectivity index (χ0v) is 10.3. The zero-order valence-electron chi connectivity index (χ0n) is 7.85. The van der Waals surface area contributed by atoms with Crippen LogP contribution in [0.4, 0.5) is 0 Å². The summed E-state index contributed by atoms with van der Waals surface area (Å²) in [5, 5.41) is 5.16. The Morgan fingerprint density at radius 1 is 1.14 bits per heavy atom. The van der Waals surface area contributed by atoms with Crippen LogP contribution < -0.4 is 5.14 Å². The first-order chi connectivity index (χ1) is 6.50. The molecule has 3 nitrogen and oxygen atoms in total. The van der Waals surface area contributed by atoms with Crippen molar-refractivity contribution in [3.63, 3.8) is 0 Å². The van der Waals surface area contributed by atoms with Gasteiger partial charge < -0.3 is 0 Å². The standard InChI is InChI=1S/C8H11NO2S3/c1-12-6-4-3-5-7(13-2)8(6)14(9,10)11/h3-5H,1-2H3,(H2,9,10,11). The molecule has 6 heteroatoms. The minimum absolute atomic E-state index is 0.236. The van der Waals surface area contributed by atoms with Crippen molar-refractivity contribution in [1.82, 2.24) is 0 Å². The highest BCUT2D eigenvalue weighted by Gasteiger charge is 2.17. The summed E-state index contributed by atoms with van der Waals surface area (Å²) in [5.74, 6) is 0. The molecule has 0 aliphatic heterocycles. The van der Waals surface area contributed by atoms with Crippen LogP contribution in [-0.2, 0) is 10.0 Å². The Hall–Kier alpha value is -0.170. The first-order valence-corrected chi connectivity index (χ1v) is 7.74. The second-order valence-corrected chi connectivity index (χ2v) is 5.73. The molecule has 1 aromatic carbocycles. The van der Waals surface area contributed by atoms with Crippen LogP contribution in [0.3, 0.4) is 0 Å². The summed E-state index contributed by atoms with van der Waals surface area (Å²) in [7, 11) is -3.63. The third-order valence-corrected chi connectivity index (χ3v) is 4.49. The van der Waals surface area contributed by atoms with Gasteiger partial charge in [0.1, 0.15) is 4.90 Å². The van der Waals surface area contributed by atoms with E-state index in [2.05, 4.69) is 0 Å². The summed E-state index contributed by atoms with van der Waals surface area (Å²) in [6.45, 7) is 0. The number of rotatable bonds is 3. The summed E-state index contributed by atoms with van der Waals surface area (Å²) in [6.07, 6.45) is 3.66. The van der Waals surface area contributed by atoms with Crippen LogP contribution in [0.1, 0.15) is 0 Å². The number of primary sulfonamides is 1. The Morgan fingerprint density at radius 2 is 1.57 bits per heavy atom. The molecule has 14 heavy (non-hydrogen) atoms. The molecule has 0 radical (unpaired) electrons. The molecule has 1 aromatic rings. The van der Waals surface area contributed by atoms with E-state index in [0.717, 1.165) is 0 Å². The zero-order chi connectivity index (χ0) is 10.8. The maximum atomic E-state index is 11.3. The van der Waals surface area contributed by atoms with Gasteiger partial charge in [-0.3, -0.25) is 0 Å². The van der Waals surface area contributed by atoms with Gasteiger partial charge in [0, 0.05) is 9.79 Å². The Kier molecular flexibility index (Phi) is 3.88. The fourth-order valence-corrected chi connectivity index (χ4v) is 4.08. The molecule has 0 aromatic heterocycles. The molecule has 0 aliphatic carbocycles. The van der Waals surface area contributed by atoms with E-state index in [4.69, 9.17) is 5.14 Å². The quantitative estimate of drug-likeness (QED) is 0.830. The van der Waals surface area contributed by atoms with E-state index in [0.29, 0.717) is 9.79 Å². The average molecular weight is 249 g/mol. The van der Waals surface area contributed by atoms with Gasteiger partial charge in [0.05, 0.1) is 0 Å². The topological polar surface area (TPSA) is 60.2 Å². The SMILES string of the molecule is CSc1cccc(SC)c1S(N)(=O)=O. The van der Waals surface area contributed by atoms with E-state index in [9.17, 15) is 8.42 Å². The van der Waals surface area contributed by atoms with Gasteiger partial charge in [-0.2, -0.15) is 0 Å². The first kappa shape index (κ1) is 11.9. The molecule has 0 bridgehead atoms. The molecule has 78 valence electrons. The third kappa shape index (κ3) is 2.44. The van der Waals surface area contributed by atoms with Crippen LogP contribution in [0.5, 0.6) is 0 Å². The molecule has 0 unspecified atom stereocenters. The number of sulfonamides is 1. The fourth-order valence-electron chi connectivity index (χ4n) is 1.10. The van der Waals surface area contributed by atoms with E-state index >= 15 is 0 Å². The van der Waals surface area contributed by atoms with Gasteiger partial charge in [0.25, 0.3) is 0 Å². The molecule has 0 saturated carbocycles. The summed E-state index contributed by atoms with van der Waals surface area (Å²) in [4.78, 5) is 1.62. The maximum absolute atomic E-state index is 11.3. The normalized spacial score (nSPS) is 11.6. The number of thioether (sulfide) groups is 2. The molecule has 1 rings (SSSR count). The van der Waals surface area contributed by atoms with Crippen molar-refractivity contribution in [2.45, 2.75) is 14.7 Å². The molecular formula is C8H11NO2S3. The van der Waals surface area contributed by atoms with E-state index < -0.39 is 10.0 Å². The minimum Gasteiger partial charge on any atom is -0.225 e. The number of hydrogen-bond acceptors (Lipinski definition) is 4. The second kappa shape index (κ2) is 4.57. The predicted molar refractivity (Wildman–Crippen MR) is 61.4 cm³/mol. The summed E-state index contributed by atoms with van der Waals surface area (Å²) in [5.41, 5.74) is 0. The lowest BCUT2D eigenvalue weighted by molar-refractivity contribution is 0.593. The van der Waals surface area contributed by atoms with E-state index in [1.807, 2.05) is 18.6 Å². The van der Waals surface area contributed by atoms with Crippen LogP contribution in [0.2, 0.25) is 0 Å². The Labute approximate surface area is 92.5 Å². The smallest absolute Gasteiger partial charge is 0.225 e. The van der Waals surface area contributed by atoms with E-state index in [1.54, 1.807) is 12.1 Å². The molecular weight excluding hydrogens is 238 g/mol. The van der Waals surface area contributed by atoms with Crippen molar-refractivity contribution < 1.29 is 8.42 Å². The average Bonchev–Trinajstić information content (AvgIpc) is 2.15. The molecule has 0 atom stereocenters. The number of nitrogens with two attached hydrogens (primary N) is 1. The highest BCUT2D eigenvalue weighted by Crippen LogP contribution is 2.31. The molecule has 0 saturated heterocycles. The Bertz CT molecular complexity index is 406. The van der Waals surface area contributed by atoms with Crippen LogP contribution >= 0.6 is 23.5 Å². The lowest BCUT2D eigenvalue weighted by Gasteiger charge is -2.08. The summed E-state index contributed by atoms with van der Waals surface area (Å²) >= 11 is 2.76. The van der Waals surface area contributed by atoms with Gasteiger partial charge in [-0.15, -0.1) is 23.5 Å². The van der Waals surface area contributed by atoms with Crippen molar-refractivity contribution in [1.29, 1.82) is 0 Å². The highest BCUT2D eigenvalue weighted by atomic mass is 32.2. The highest BCUT2D eigenvalue weighted by molar-refractivity contribution is 8.00. The summed E-state index contributed by atoms with van der Waals surface area (Å²) in [6, 6.07) is 5.33.